The molecule has 0 spiro atoms. The van der Waals surface area contributed by atoms with Crippen LogP contribution in [0.1, 0.15) is 27.7 Å². The minimum Gasteiger partial charge on any atom is -0.456 e. The average Bonchev–Trinajstić information content (AvgIpc) is 4.03. The molecule has 0 unspecified atom stereocenters. The minimum absolute atomic E-state index is 0.411. The lowest BCUT2D eigenvalue weighted by molar-refractivity contribution is 0.00578. The van der Waals surface area contributed by atoms with Crippen molar-refractivity contribution in [2.45, 2.75) is 38.9 Å². The fraction of sp³-hybridized carbons (Fsp3) is 0.120. The smallest absolute Gasteiger partial charge is 0.456 e. The van der Waals surface area contributed by atoms with Gasteiger partial charge in [-0.05, 0) is 94.4 Å². The van der Waals surface area contributed by atoms with E-state index in [2.05, 4.69) is 94.4 Å². The standard InChI is InChI=1S/C28H23BO4.C22H11ClO2/c1-27(2)28(3,4)33-29(32-27)22-10-7-9-17-19-14-15-20-21(25(19)31-26(17)22)13-12-18-16-8-5-6-11-23(16)30-24(18)20;23-18-6-3-5-13-15-10-11-16-17(21(15)25-22(13)18)9-8-14-12-4-1-2-7-19(12)24-20(14)16/h5-15H,1-4H3;1-11H. The number of halogens is 1. The number of hydrogen-bond acceptors (Lipinski definition) is 6. The van der Waals surface area contributed by atoms with Gasteiger partial charge in [0.05, 0.1) is 16.2 Å². The Morgan fingerprint density at radius 3 is 1.17 bits per heavy atom. The molecule has 0 atom stereocenters. The van der Waals surface area contributed by atoms with E-state index in [0.29, 0.717) is 5.02 Å². The molecular weight excluding hydrogens is 743 g/mol. The lowest BCUT2D eigenvalue weighted by Gasteiger charge is -2.32. The normalized spacial score (nSPS) is 15.4. The maximum absolute atomic E-state index is 6.57. The van der Waals surface area contributed by atoms with Gasteiger partial charge < -0.3 is 27.0 Å². The first kappa shape index (κ1) is 33.9. The van der Waals surface area contributed by atoms with Crippen LogP contribution in [0.3, 0.4) is 0 Å². The number of rotatable bonds is 1. The quantitative estimate of drug-likeness (QED) is 0.155. The van der Waals surface area contributed by atoms with Gasteiger partial charge in [0.15, 0.2) is 5.58 Å². The maximum atomic E-state index is 6.57. The van der Waals surface area contributed by atoms with Crippen molar-refractivity contribution in [3.63, 3.8) is 0 Å². The van der Waals surface area contributed by atoms with Crippen LogP contribution >= 0.6 is 11.6 Å². The third kappa shape index (κ3) is 4.69. The molecule has 58 heavy (non-hydrogen) atoms. The Morgan fingerprint density at radius 2 is 0.690 bits per heavy atom. The van der Waals surface area contributed by atoms with E-state index in [9.17, 15) is 0 Å². The summed E-state index contributed by atoms with van der Waals surface area (Å²) < 4.78 is 37.8. The zero-order valence-corrected chi connectivity index (χ0v) is 32.9. The Labute approximate surface area is 336 Å². The van der Waals surface area contributed by atoms with E-state index in [1.807, 2.05) is 66.7 Å². The molecule has 0 bridgehead atoms. The van der Waals surface area contributed by atoms with Crippen molar-refractivity contribution in [1.29, 1.82) is 0 Å². The highest BCUT2D eigenvalue weighted by Crippen LogP contribution is 2.43. The van der Waals surface area contributed by atoms with Crippen LogP contribution < -0.4 is 5.46 Å². The summed E-state index contributed by atoms with van der Waals surface area (Å²) >= 11 is 6.32. The summed E-state index contributed by atoms with van der Waals surface area (Å²) in [5, 5.41) is 13.5. The van der Waals surface area contributed by atoms with Crippen LogP contribution in [0.5, 0.6) is 0 Å². The number of benzene rings is 8. The molecule has 8 heteroatoms. The molecule has 12 aromatic rings. The number of furan rings is 4. The highest BCUT2D eigenvalue weighted by molar-refractivity contribution is 6.65. The van der Waals surface area contributed by atoms with Crippen molar-refractivity contribution >= 4 is 133 Å². The van der Waals surface area contributed by atoms with Crippen molar-refractivity contribution in [3.8, 4) is 0 Å². The maximum Gasteiger partial charge on any atom is 0.498 e. The number of hydrogen-bond donors (Lipinski definition) is 0. The fourth-order valence-corrected chi connectivity index (χ4v) is 9.04. The third-order valence-corrected chi connectivity index (χ3v) is 12.8. The van der Waals surface area contributed by atoms with Gasteiger partial charge in [-0.15, -0.1) is 0 Å². The molecule has 13 rings (SSSR count). The first-order chi connectivity index (χ1) is 28.1. The van der Waals surface area contributed by atoms with E-state index in [-0.39, 0.29) is 0 Å². The van der Waals surface area contributed by atoms with Gasteiger partial charge in [-0.1, -0.05) is 78.3 Å². The molecule has 0 saturated carbocycles. The molecule has 0 N–H and O–H groups in total. The number of para-hydroxylation sites is 4. The summed E-state index contributed by atoms with van der Waals surface area (Å²) in [6.45, 7) is 8.27. The summed E-state index contributed by atoms with van der Waals surface area (Å²) in [5.74, 6) is 0. The Balaban J connectivity index is 0.000000131. The third-order valence-electron chi connectivity index (χ3n) is 12.5. The van der Waals surface area contributed by atoms with Crippen LogP contribution in [-0.4, -0.2) is 18.3 Å². The molecule has 6 nitrogen and oxygen atoms in total. The molecule has 8 aromatic carbocycles. The van der Waals surface area contributed by atoms with E-state index in [1.165, 1.54) is 0 Å². The van der Waals surface area contributed by atoms with Gasteiger partial charge in [0.25, 0.3) is 0 Å². The average molecular weight is 777 g/mol. The van der Waals surface area contributed by atoms with E-state index in [4.69, 9.17) is 38.6 Å². The van der Waals surface area contributed by atoms with Crippen LogP contribution in [0.2, 0.25) is 5.02 Å². The van der Waals surface area contributed by atoms with Crippen molar-refractivity contribution in [1.82, 2.24) is 0 Å². The van der Waals surface area contributed by atoms with Crippen LogP contribution in [0, 0.1) is 0 Å². The predicted molar refractivity (Wildman–Crippen MR) is 238 cm³/mol. The molecule has 1 fully saturated rings. The summed E-state index contributed by atoms with van der Waals surface area (Å²) in [4.78, 5) is 0. The summed E-state index contributed by atoms with van der Waals surface area (Å²) in [5.41, 5.74) is 6.92. The van der Waals surface area contributed by atoms with Crippen LogP contribution in [0.25, 0.3) is 109 Å². The van der Waals surface area contributed by atoms with E-state index in [0.717, 1.165) is 115 Å². The molecule has 4 aromatic heterocycles. The van der Waals surface area contributed by atoms with Crippen molar-refractivity contribution in [2.24, 2.45) is 0 Å². The summed E-state index contributed by atoms with van der Waals surface area (Å²) in [7, 11) is -0.479. The van der Waals surface area contributed by atoms with Crippen molar-refractivity contribution < 1.29 is 27.0 Å². The molecule has 1 aliphatic rings. The molecule has 1 saturated heterocycles. The van der Waals surface area contributed by atoms with Gasteiger partial charge in [-0.25, -0.2) is 0 Å². The van der Waals surface area contributed by atoms with E-state index < -0.39 is 18.3 Å². The van der Waals surface area contributed by atoms with Gasteiger partial charge in [-0.2, -0.15) is 0 Å². The lowest BCUT2D eigenvalue weighted by Crippen LogP contribution is -2.41. The SMILES string of the molecule is CC1(C)OB(c2cccc3c2oc2c3ccc3c2ccc2c4ccccc4oc23)OC1(C)C.Clc1cccc2c1oc1c2ccc2c1ccc1c3ccccc3oc12. The molecule has 5 heterocycles. The monoisotopic (exact) mass is 776 g/mol. The molecule has 280 valence electrons. The van der Waals surface area contributed by atoms with Crippen LogP contribution in [-0.2, 0) is 9.31 Å². The molecule has 1 aliphatic heterocycles. The Bertz CT molecular complexity index is 3660. The second-order valence-corrected chi connectivity index (χ2v) is 16.7. The van der Waals surface area contributed by atoms with Crippen LogP contribution in [0.4, 0.5) is 0 Å². The Hall–Kier alpha value is -6.25. The van der Waals surface area contributed by atoms with Crippen molar-refractivity contribution in [3.05, 3.63) is 138 Å². The van der Waals surface area contributed by atoms with Gasteiger partial charge in [0.1, 0.15) is 39.1 Å². The Kier molecular flexibility index (Phi) is 6.95. The topological polar surface area (TPSA) is 71.0 Å². The first-order valence-electron chi connectivity index (χ1n) is 19.5. The van der Waals surface area contributed by atoms with Gasteiger partial charge >= 0.3 is 7.12 Å². The van der Waals surface area contributed by atoms with E-state index >= 15 is 0 Å². The van der Waals surface area contributed by atoms with Gasteiger partial charge in [0, 0.05) is 70.1 Å². The second kappa shape index (κ2) is 11.9. The molecule has 0 amide bonds. The predicted octanol–water partition coefficient (Wildman–Crippen LogP) is 14.2. The van der Waals surface area contributed by atoms with E-state index in [1.54, 1.807) is 0 Å². The molecule has 0 aliphatic carbocycles. The molecular formula is C50H34BClO6. The largest absolute Gasteiger partial charge is 0.498 e. The summed E-state index contributed by atoms with van der Waals surface area (Å²) in [6.07, 6.45) is 0. The highest BCUT2D eigenvalue weighted by atomic mass is 35.5. The minimum atomic E-state index is -0.479. The number of fused-ring (bicyclic) bond motifs is 18. The van der Waals surface area contributed by atoms with Gasteiger partial charge in [-0.3, -0.25) is 0 Å². The second-order valence-electron chi connectivity index (χ2n) is 16.3. The lowest BCUT2D eigenvalue weighted by atomic mass is 9.78. The van der Waals surface area contributed by atoms with Gasteiger partial charge in [0.2, 0.25) is 0 Å². The van der Waals surface area contributed by atoms with Crippen molar-refractivity contribution in [2.75, 3.05) is 0 Å². The fourth-order valence-electron chi connectivity index (χ4n) is 8.83. The van der Waals surface area contributed by atoms with Crippen LogP contribution in [0.15, 0.2) is 151 Å². The zero-order chi connectivity index (χ0) is 39.1. The highest BCUT2D eigenvalue weighted by Gasteiger charge is 2.52. The first-order valence-corrected chi connectivity index (χ1v) is 19.9. The molecule has 0 radical (unpaired) electrons. The summed E-state index contributed by atoms with van der Waals surface area (Å²) in [6, 6.07) is 45.2. The zero-order valence-electron chi connectivity index (χ0n) is 32.1. The Morgan fingerprint density at radius 1 is 0.345 bits per heavy atom.